The second-order valence-corrected chi connectivity index (χ2v) is 6.09. The Morgan fingerprint density at radius 2 is 2.10 bits per heavy atom. The first-order valence-electron chi connectivity index (χ1n) is 7.22. The van der Waals surface area contributed by atoms with E-state index in [0.717, 1.165) is 24.8 Å². The van der Waals surface area contributed by atoms with E-state index in [-0.39, 0.29) is 17.6 Å². The molecule has 6 nitrogen and oxygen atoms in total. The van der Waals surface area contributed by atoms with Gasteiger partial charge < -0.3 is 10.4 Å². The van der Waals surface area contributed by atoms with Gasteiger partial charge in [0, 0.05) is 12.1 Å². The van der Waals surface area contributed by atoms with Gasteiger partial charge in [0.15, 0.2) is 0 Å². The molecule has 2 N–H and O–H groups in total. The van der Waals surface area contributed by atoms with Crippen LogP contribution in [0.15, 0.2) is 18.2 Å². The summed E-state index contributed by atoms with van der Waals surface area (Å²) in [5.74, 6) is -0.734. The van der Waals surface area contributed by atoms with Crippen LogP contribution in [0.3, 0.4) is 0 Å². The van der Waals surface area contributed by atoms with Gasteiger partial charge in [0.05, 0.1) is 10.8 Å². The second kappa shape index (κ2) is 5.02. The maximum atomic E-state index is 11.5. The third-order valence-electron chi connectivity index (χ3n) is 4.96. The number of nitrogens with zero attached hydrogens (tertiary/aromatic N) is 1. The number of fused-ring (bicyclic) bond motifs is 2. The summed E-state index contributed by atoms with van der Waals surface area (Å²) < 4.78 is 0. The third-order valence-corrected chi connectivity index (χ3v) is 4.96. The molecule has 2 aliphatic carbocycles. The lowest BCUT2D eigenvalue weighted by atomic mass is 9.84. The molecule has 0 amide bonds. The zero-order valence-electron chi connectivity index (χ0n) is 11.8. The molecule has 0 radical (unpaired) electrons. The molecule has 0 aromatic heterocycles. The average Bonchev–Trinajstić information content (AvgIpc) is 3.01. The van der Waals surface area contributed by atoms with Crippen LogP contribution in [-0.2, 0) is 4.79 Å². The lowest BCUT2D eigenvalue weighted by Gasteiger charge is -2.30. The number of hydrogen-bond acceptors (Lipinski definition) is 4. The summed E-state index contributed by atoms with van der Waals surface area (Å²) in [7, 11) is 0. The van der Waals surface area contributed by atoms with Gasteiger partial charge in [0.25, 0.3) is 5.69 Å². The molecular weight excluding hydrogens is 272 g/mol. The van der Waals surface area contributed by atoms with E-state index in [0.29, 0.717) is 11.6 Å². The van der Waals surface area contributed by atoms with Gasteiger partial charge in [-0.25, -0.2) is 0 Å². The first-order chi connectivity index (χ1) is 9.99. The number of anilines is 1. The van der Waals surface area contributed by atoms with Gasteiger partial charge in [-0.15, -0.1) is 0 Å². The monoisotopic (exact) mass is 290 g/mol. The summed E-state index contributed by atoms with van der Waals surface area (Å²) in [5, 5.41) is 23.8. The maximum Gasteiger partial charge on any atom is 0.308 e. The molecule has 2 aliphatic rings. The summed E-state index contributed by atoms with van der Waals surface area (Å²) in [6.45, 7) is 1.80. The number of aliphatic carboxylic acids is 1. The summed E-state index contributed by atoms with van der Waals surface area (Å²) in [4.78, 5) is 22.3. The Hall–Kier alpha value is -2.11. The molecule has 112 valence electrons. The number of para-hydroxylation sites is 1. The maximum absolute atomic E-state index is 11.5. The van der Waals surface area contributed by atoms with Gasteiger partial charge in [-0.1, -0.05) is 12.1 Å². The molecule has 6 heteroatoms. The molecule has 21 heavy (non-hydrogen) atoms. The second-order valence-electron chi connectivity index (χ2n) is 6.09. The number of carbonyl (C=O) groups is 1. The standard InChI is InChI=1S/C15H18N2O4/c1-8-3-2-4-11(17(20)21)13(8)16-14-10-6-5-9(7-10)12(14)15(18)19/h2-4,9-10,12,14,16H,5-7H2,1H3,(H,18,19). The third kappa shape index (κ3) is 2.24. The number of carboxylic acids is 1. The fraction of sp³-hybridized carbons (Fsp3) is 0.533. The molecule has 0 aliphatic heterocycles. The van der Waals surface area contributed by atoms with Gasteiger partial charge in [-0.05, 0) is 43.6 Å². The van der Waals surface area contributed by atoms with Gasteiger partial charge in [-0.2, -0.15) is 0 Å². The summed E-state index contributed by atoms with van der Waals surface area (Å²) in [5.41, 5.74) is 1.25. The Balaban J connectivity index is 1.93. The van der Waals surface area contributed by atoms with E-state index < -0.39 is 16.8 Å². The van der Waals surface area contributed by atoms with Crippen LogP contribution in [0, 0.1) is 34.8 Å². The molecule has 4 atom stereocenters. The van der Waals surface area contributed by atoms with E-state index in [9.17, 15) is 20.0 Å². The van der Waals surface area contributed by atoms with Crippen molar-refractivity contribution in [3.05, 3.63) is 33.9 Å². The lowest BCUT2D eigenvalue weighted by Crippen LogP contribution is -2.39. The molecule has 2 fully saturated rings. The van der Waals surface area contributed by atoms with Crippen LogP contribution in [-0.4, -0.2) is 22.0 Å². The van der Waals surface area contributed by atoms with Crippen molar-refractivity contribution in [2.45, 2.75) is 32.2 Å². The minimum atomic E-state index is -0.795. The van der Waals surface area contributed by atoms with Crippen LogP contribution >= 0.6 is 0 Å². The van der Waals surface area contributed by atoms with Crippen molar-refractivity contribution in [3.8, 4) is 0 Å². The first kappa shape index (κ1) is 13.9. The number of rotatable bonds is 4. The Kier molecular flexibility index (Phi) is 3.31. The van der Waals surface area contributed by atoms with Crippen LogP contribution in [0.1, 0.15) is 24.8 Å². The molecule has 2 bridgehead atoms. The van der Waals surface area contributed by atoms with Crippen LogP contribution in [0.2, 0.25) is 0 Å². The Morgan fingerprint density at radius 1 is 1.38 bits per heavy atom. The largest absolute Gasteiger partial charge is 0.481 e. The van der Waals surface area contributed by atoms with Crippen molar-refractivity contribution >= 4 is 17.3 Å². The number of nitrogens with one attached hydrogen (secondary N) is 1. The summed E-state index contributed by atoms with van der Waals surface area (Å²) in [6, 6.07) is 4.70. The molecular formula is C15H18N2O4. The number of nitro groups is 1. The fourth-order valence-electron chi connectivity index (χ4n) is 4.01. The molecule has 1 aromatic rings. The SMILES string of the molecule is Cc1cccc([N+](=O)[O-])c1NC1C2CCC(C2)C1C(=O)O. The summed E-state index contributed by atoms with van der Waals surface area (Å²) in [6.07, 6.45) is 2.87. The van der Waals surface area contributed by atoms with Gasteiger partial charge >= 0.3 is 5.97 Å². The zero-order chi connectivity index (χ0) is 15.1. The lowest BCUT2D eigenvalue weighted by molar-refractivity contribution is -0.384. The fourth-order valence-corrected chi connectivity index (χ4v) is 4.01. The molecule has 0 spiro atoms. The zero-order valence-corrected chi connectivity index (χ0v) is 11.8. The van der Waals surface area contributed by atoms with E-state index >= 15 is 0 Å². The van der Waals surface area contributed by atoms with E-state index in [1.165, 1.54) is 6.07 Å². The van der Waals surface area contributed by atoms with Crippen molar-refractivity contribution in [3.63, 3.8) is 0 Å². The number of aryl methyl sites for hydroxylation is 1. The van der Waals surface area contributed by atoms with Gasteiger partial charge in [0.2, 0.25) is 0 Å². The predicted molar refractivity (Wildman–Crippen MR) is 77.2 cm³/mol. The highest BCUT2D eigenvalue weighted by molar-refractivity contribution is 5.74. The van der Waals surface area contributed by atoms with Crippen molar-refractivity contribution in [2.75, 3.05) is 5.32 Å². The number of nitro benzene ring substituents is 1. The topological polar surface area (TPSA) is 92.5 Å². The van der Waals surface area contributed by atoms with Crippen LogP contribution in [0.25, 0.3) is 0 Å². The van der Waals surface area contributed by atoms with Crippen LogP contribution < -0.4 is 5.32 Å². The first-order valence-corrected chi connectivity index (χ1v) is 7.22. The van der Waals surface area contributed by atoms with Crippen molar-refractivity contribution in [1.82, 2.24) is 0 Å². The smallest absolute Gasteiger partial charge is 0.308 e. The van der Waals surface area contributed by atoms with Crippen molar-refractivity contribution < 1.29 is 14.8 Å². The molecule has 0 heterocycles. The summed E-state index contributed by atoms with van der Waals surface area (Å²) >= 11 is 0. The minimum Gasteiger partial charge on any atom is -0.481 e. The van der Waals surface area contributed by atoms with Crippen LogP contribution in [0.4, 0.5) is 11.4 Å². The van der Waals surface area contributed by atoms with Crippen molar-refractivity contribution in [1.29, 1.82) is 0 Å². The molecule has 3 rings (SSSR count). The quantitative estimate of drug-likeness (QED) is 0.657. The van der Waals surface area contributed by atoms with Crippen LogP contribution in [0.5, 0.6) is 0 Å². The predicted octanol–water partition coefficient (Wildman–Crippen LogP) is 2.81. The van der Waals surface area contributed by atoms with E-state index in [2.05, 4.69) is 5.32 Å². The van der Waals surface area contributed by atoms with Gasteiger partial charge in [0.1, 0.15) is 5.69 Å². The van der Waals surface area contributed by atoms with Crippen molar-refractivity contribution in [2.24, 2.45) is 17.8 Å². The molecule has 0 saturated heterocycles. The molecule has 4 unspecified atom stereocenters. The highest BCUT2D eigenvalue weighted by Crippen LogP contribution is 2.50. The average molecular weight is 290 g/mol. The van der Waals surface area contributed by atoms with E-state index in [4.69, 9.17) is 0 Å². The van der Waals surface area contributed by atoms with E-state index in [1.807, 2.05) is 0 Å². The Morgan fingerprint density at radius 3 is 2.76 bits per heavy atom. The highest BCUT2D eigenvalue weighted by atomic mass is 16.6. The molecule has 1 aromatic carbocycles. The normalized spacial score (nSPS) is 30.3. The molecule has 2 saturated carbocycles. The highest BCUT2D eigenvalue weighted by Gasteiger charge is 2.51. The number of carboxylic acid groups (broad SMARTS) is 1. The van der Waals surface area contributed by atoms with E-state index in [1.54, 1.807) is 19.1 Å². The minimum absolute atomic E-state index is 0.0157. The Labute approximate surface area is 122 Å². The van der Waals surface area contributed by atoms with Gasteiger partial charge in [-0.3, -0.25) is 14.9 Å². The number of hydrogen-bond donors (Lipinski definition) is 2. The number of benzene rings is 1. The Bertz CT molecular complexity index is 601.